The summed E-state index contributed by atoms with van der Waals surface area (Å²) in [5.74, 6) is -0.611. The van der Waals surface area contributed by atoms with Gasteiger partial charge in [0.05, 0.1) is 5.60 Å². The van der Waals surface area contributed by atoms with Crippen LogP contribution in [0.25, 0.3) is 0 Å². The Hall–Kier alpha value is -1.06. The third kappa shape index (κ3) is 2.68. The van der Waals surface area contributed by atoms with Crippen LogP contribution in [0.4, 0.5) is 0 Å². The number of aliphatic hydroxyl groups is 1. The summed E-state index contributed by atoms with van der Waals surface area (Å²) < 4.78 is 54.4. The molecule has 2 atom stereocenters. The van der Waals surface area contributed by atoms with Gasteiger partial charge in [-0.3, -0.25) is 0 Å². The average Bonchev–Trinajstić information content (AvgIpc) is 2.60. The molecular weight excluding hydrogens is 226 g/mol. The Bertz CT molecular complexity index is 595. The van der Waals surface area contributed by atoms with Crippen molar-refractivity contribution in [3.63, 3.8) is 0 Å². The van der Waals surface area contributed by atoms with Crippen molar-refractivity contribution in [1.82, 2.24) is 4.90 Å². The van der Waals surface area contributed by atoms with E-state index < -0.39 is 25.0 Å². The van der Waals surface area contributed by atoms with Crippen LogP contribution < -0.4 is 0 Å². The van der Waals surface area contributed by atoms with Crippen molar-refractivity contribution in [3.05, 3.63) is 29.8 Å². The highest BCUT2D eigenvalue weighted by molar-refractivity contribution is 5.32. The van der Waals surface area contributed by atoms with Crippen molar-refractivity contribution < 1.29 is 17.1 Å². The number of hydrogen-bond acceptors (Lipinski definition) is 3. The molecule has 18 heavy (non-hydrogen) atoms. The summed E-state index contributed by atoms with van der Waals surface area (Å²) in [5.41, 5.74) is -0.796. The van der Waals surface area contributed by atoms with E-state index in [1.54, 1.807) is 24.3 Å². The van der Waals surface area contributed by atoms with E-state index >= 15 is 0 Å². The molecule has 1 saturated carbocycles. The molecule has 1 aliphatic rings. The van der Waals surface area contributed by atoms with E-state index in [-0.39, 0.29) is 5.75 Å². The van der Waals surface area contributed by atoms with Crippen LogP contribution in [-0.2, 0) is 5.60 Å². The summed E-state index contributed by atoms with van der Waals surface area (Å²) in [7, 11) is 1.22. The first-order valence-electron chi connectivity index (χ1n) is 9.53. The van der Waals surface area contributed by atoms with Crippen LogP contribution >= 0.6 is 0 Å². The molecule has 1 aliphatic carbocycles. The molecule has 100 valence electrons. The van der Waals surface area contributed by atoms with E-state index in [4.69, 9.17) is 14.8 Å². The number of hydrogen-bond donors (Lipinski definition) is 2. The topological polar surface area (TPSA) is 43.7 Å². The zero-order chi connectivity index (χ0) is 18.9. The van der Waals surface area contributed by atoms with Gasteiger partial charge in [-0.1, -0.05) is 25.0 Å². The maximum atomic E-state index is 8.49. The summed E-state index contributed by atoms with van der Waals surface area (Å²) in [4.78, 5) is 0.731. The summed E-state index contributed by atoms with van der Waals surface area (Å²) in [6, 6.07) is 6.47. The van der Waals surface area contributed by atoms with Crippen LogP contribution in [0, 0.1) is 5.92 Å². The van der Waals surface area contributed by atoms with E-state index in [9.17, 15) is 0 Å². The normalized spacial score (nSPS) is 35.4. The number of phenolic OH excluding ortho intramolecular Hbond substituents is 1. The molecule has 3 nitrogen and oxygen atoms in total. The number of benzene rings is 1. The highest BCUT2D eigenvalue weighted by atomic mass is 16.3. The lowest BCUT2D eigenvalue weighted by Crippen LogP contribution is -2.43. The fourth-order valence-electron chi connectivity index (χ4n) is 2.65. The zero-order valence-electron chi connectivity index (χ0n) is 17.5. The lowest BCUT2D eigenvalue weighted by atomic mass is 9.71. The third-order valence-corrected chi connectivity index (χ3v) is 3.53. The van der Waals surface area contributed by atoms with Crippen molar-refractivity contribution in [2.75, 3.05) is 20.5 Å². The molecule has 1 fully saturated rings. The second-order valence-electron chi connectivity index (χ2n) is 4.90. The maximum absolute atomic E-state index is 8.49. The third-order valence-electron chi connectivity index (χ3n) is 3.53. The van der Waals surface area contributed by atoms with Gasteiger partial charge in [0.1, 0.15) is 5.75 Å². The summed E-state index contributed by atoms with van der Waals surface area (Å²) in [5, 5.41) is 9.61. The molecule has 0 aliphatic heterocycles. The summed E-state index contributed by atoms with van der Waals surface area (Å²) in [6.45, 7) is -4.83. The smallest absolute Gasteiger partial charge is 0.293 e. The fraction of sp³-hybridized carbons (Fsp3) is 0.600. The second-order valence-corrected chi connectivity index (χ2v) is 4.90. The molecule has 0 unspecified atom stereocenters. The fourth-order valence-corrected chi connectivity index (χ4v) is 2.65. The Morgan fingerprint density at radius 1 is 1.61 bits per heavy atom. The van der Waals surface area contributed by atoms with Crippen LogP contribution in [0.5, 0.6) is 5.75 Å². The van der Waals surface area contributed by atoms with Crippen molar-refractivity contribution in [2.24, 2.45) is 5.92 Å². The van der Waals surface area contributed by atoms with E-state index in [0.717, 1.165) is 17.7 Å². The monoisotopic (exact) mass is 256 g/mol. The van der Waals surface area contributed by atoms with Gasteiger partial charge in [-0.25, -0.2) is 0 Å². The van der Waals surface area contributed by atoms with E-state index in [1.807, 2.05) is 0 Å². The lowest BCUT2D eigenvalue weighted by Gasteiger charge is -2.41. The number of nitrogens with zero attached hydrogens (tertiary/aromatic N) is 1. The van der Waals surface area contributed by atoms with Crippen molar-refractivity contribution in [2.45, 2.75) is 31.3 Å². The molecule has 3 heteroatoms. The van der Waals surface area contributed by atoms with Gasteiger partial charge in [-0.2, -0.15) is 0 Å². The Kier molecular flexibility index (Phi) is 2.03. The molecule has 2 N–H and O–H groups in total. The van der Waals surface area contributed by atoms with Gasteiger partial charge in [-0.15, -0.1) is 0 Å². The minimum Gasteiger partial charge on any atom is -0.508 e. The van der Waals surface area contributed by atoms with Gasteiger partial charge < -0.3 is 15.1 Å². The molecule has 0 radical (unpaired) electrons. The Morgan fingerprint density at radius 2 is 2.56 bits per heavy atom. The number of aromatic hydroxyl groups is 1. The van der Waals surface area contributed by atoms with Crippen LogP contribution in [0.2, 0.25) is 0 Å². The highest BCUT2D eigenvalue weighted by Crippen LogP contribution is 2.42. The van der Waals surface area contributed by atoms with Gasteiger partial charge in [-0.05, 0) is 44.6 Å². The minimum absolute atomic E-state index is 0.253. The lowest BCUT2D eigenvalue weighted by molar-refractivity contribution is -0.0619. The van der Waals surface area contributed by atoms with Crippen molar-refractivity contribution in [3.8, 4) is 5.75 Å². The molecule has 0 amide bonds. The van der Waals surface area contributed by atoms with Crippen LogP contribution in [-0.4, -0.2) is 38.5 Å². The molecule has 0 saturated heterocycles. The SMILES string of the molecule is [2H]Oc1cccc([C@]2(O[2H])CCCC[C@H]2C([2H])([2H])N(C)C([2H])([2H])[2H])c1. The van der Waals surface area contributed by atoms with Crippen LogP contribution in [0.1, 0.15) is 38.1 Å². The minimum atomic E-state index is -2.61. The Labute approximate surface area is 119 Å². The van der Waals surface area contributed by atoms with Crippen molar-refractivity contribution in [1.29, 1.82) is 2.86 Å². The van der Waals surface area contributed by atoms with Crippen LogP contribution in [0.3, 0.4) is 0 Å². The van der Waals surface area contributed by atoms with Crippen molar-refractivity contribution >= 4 is 0 Å². The van der Waals surface area contributed by atoms with E-state index in [1.165, 1.54) is 7.05 Å². The molecule has 0 bridgehead atoms. The summed E-state index contributed by atoms with van der Waals surface area (Å²) >= 11 is 0. The van der Waals surface area contributed by atoms with Gasteiger partial charge in [0, 0.05) is 19.3 Å². The molecule has 1 aromatic carbocycles. The van der Waals surface area contributed by atoms with E-state index in [0.29, 0.717) is 18.4 Å². The average molecular weight is 256 g/mol. The Balaban J connectivity index is 2.53. The largest absolute Gasteiger partial charge is 0.508 e. The van der Waals surface area contributed by atoms with Crippen LogP contribution in [0.15, 0.2) is 24.3 Å². The number of phenols is 1. The standard InChI is InChI=1S/C15H23NO2/c1-16(2)11-13-6-3-4-9-15(13,18)12-7-5-8-14(17)10-12/h5,7-8,10,13,17-18H,3-4,6,9,11H2,1-2H3/t13-,15+/m0/s1/i1D3,11D2,18D/hD. The molecule has 1 aromatic rings. The molecular formula is C15H23NO2. The predicted molar refractivity (Wildman–Crippen MR) is 72.5 cm³/mol. The quantitative estimate of drug-likeness (QED) is 0.850. The number of rotatable bonds is 5. The molecule has 0 spiro atoms. The van der Waals surface area contributed by atoms with Gasteiger partial charge in [0.15, 0.2) is 0 Å². The molecule has 0 aromatic heterocycles. The van der Waals surface area contributed by atoms with Gasteiger partial charge >= 0.3 is 0 Å². The van der Waals surface area contributed by atoms with E-state index in [2.05, 4.69) is 5.11 Å². The summed E-state index contributed by atoms with van der Waals surface area (Å²) in [6.07, 6.45) is 2.23. The van der Waals surface area contributed by atoms with Gasteiger partial charge in [0.25, 0.3) is 1.43 Å². The molecule has 0 heterocycles. The maximum Gasteiger partial charge on any atom is 0.293 e. The first-order chi connectivity index (χ1) is 11.6. The first kappa shape index (κ1) is 6.92. The zero-order valence-corrected chi connectivity index (χ0v) is 10.5. The highest BCUT2D eigenvalue weighted by Gasteiger charge is 2.40. The van der Waals surface area contributed by atoms with Gasteiger partial charge in [0.2, 0.25) is 1.43 Å². The Morgan fingerprint density at radius 3 is 3.33 bits per heavy atom. The first-order valence-corrected chi connectivity index (χ1v) is 6.21. The molecule has 2 rings (SSSR count). The second kappa shape index (κ2) is 5.29. The predicted octanol–water partition coefficient (Wildman–Crippen LogP) is 2.33.